The number of anilines is 1. The molecule has 0 unspecified atom stereocenters. The fourth-order valence-corrected chi connectivity index (χ4v) is 3.42. The number of hydrogen-bond donors (Lipinski definition) is 4. The van der Waals surface area contributed by atoms with E-state index in [0.717, 1.165) is 27.7 Å². The molecule has 4 aromatic rings. The van der Waals surface area contributed by atoms with Gasteiger partial charge in [-0.15, -0.1) is 0 Å². The van der Waals surface area contributed by atoms with E-state index in [0.29, 0.717) is 17.0 Å². The normalized spacial score (nSPS) is 10.4. The highest BCUT2D eigenvalue weighted by atomic mass is 79.9. The van der Waals surface area contributed by atoms with Crippen LogP contribution in [0.15, 0.2) is 51.4 Å². The largest absolute Gasteiger partial charge is 0.507 e. The Hall–Kier alpha value is -4.25. The van der Waals surface area contributed by atoms with Crippen LogP contribution in [0.4, 0.5) is 5.69 Å². The van der Waals surface area contributed by atoms with Crippen LogP contribution in [-0.4, -0.2) is 46.5 Å². The Labute approximate surface area is 207 Å². The molecule has 10 nitrogen and oxygen atoms in total. The van der Waals surface area contributed by atoms with Crippen LogP contribution in [0.25, 0.3) is 22.6 Å². The molecular formula is C24H21BrN2O8. The first-order valence-corrected chi connectivity index (χ1v) is 10.7. The number of phenols is 3. The molecule has 4 rings (SSSR count). The quantitative estimate of drug-likeness (QED) is 0.124. The summed E-state index contributed by atoms with van der Waals surface area (Å²) in [4.78, 5) is 27.0. The summed E-state index contributed by atoms with van der Waals surface area (Å²) in [5.41, 5.74) is 8.02. The number of ether oxygens (including phenoxy) is 2. The average molecular weight is 545 g/mol. The third-order valence-corrected chi connectivity index (χ3v) is 5.82. The minimum atomic E-state index is -0.704. The van der Waals surface area contributed by atoms with Crippen LogP contribution < -0.4 is 5.73 Å². The fraction of sp³-hybridized carbons (Fsp3) is 0.125. The molecule has 0 bridgehead atoms. The zero-order valence-electron chi connectivity index (χ0n) is 18.8. The summed E-state index contributed by atoms with van der Waals surface area (Å²) >= 11 is 3.47. The highest BCUT2D eigenvalue weighted by Gasteiger charge is 2.18. The Morgan fingerprint density at radius 2 is 1.54 bits per heavy atom. The molecule has 0 fully saturated rings. The van der Waals surface area contributed by atoms with E-state index in [4.69, 9.17) is 15.3 Å². The van der Waals surface area contributed by atoms with Gasteiger partial charge in [0.05, 0.1) is 19.9 Å². The molecule has 182 valence electrons. The van der Waals surface area contributed by atoms with Crippen molar-refractivity contribution in [1.29, 1.82) is 0 Å². The number of aromatic hydroxyl groups is 3. The van der Waals surface area contributed by atoms with Gasteiger partial charge >= 0.3 is 11.9 Å². The standard InChI is InChI=1S/C16H12BrNO4.C8H9NO4/c1-8-9(4-3-5-11(8)17)15-18-12-6-10(16(20)21-2)13(19)7-14(12)22-15;1-13-8(12)4-2-5(9)7(11)3-6(4)10/h3-7,19H,1-2H3;2-3,10-11H,9H2,1H3. The number of oxazole rings is 1. The lowest BCUT2D eigenvalue weighted by molar-refractivity contribution is 0.0588. The van der Waals surface area contributed by atoms with Crippen molar-refractivity contribution in [2.75, 3.05) is 20.0 Å². The van der Waals surface area contributed by atoms with Gasteiger partial charge in [0.1, 0.15) is 33.9 Å². The van der Waals surface area contributed by atoms with Gasteiger partial charge in [-0.1, -0.05) is 22.0 Å². The Balaban J connectivity index is 0.000000225. The minimum Gasteiger partial charge on any atom is -0.507 e. The highest BCUT2D eigenvalue weighted by Crippen LogP contribution is 2.33. The van der Waals surface area contributed by atoms with Gasteiger partial charge in [0.25, 0.3) is 0 Å². The first-order chi connectivity index (χ1) is 16.6. The first kappa shape index (κ1) is 25.4. The van der Waals surface area contributed by atoms with Crippen LogP contribution in [0, 0.1) is 6.92 Å². The molecule has 0 aliphatic heterocycles. The molecule has 0 radical (unpaired) electrons. The second kappa shape index (κ2) is 10.3. The number of nitrogens with two attached hydrogens (primary N) is 1. The third kappa shape index (κ3) is 5.30. The molecule has 3 aromatic carbocycles. The summed E-state index contributed by atoms with van der Waals surface area (Å²) in [5, 5.41) is 28.1. The molecule has 0 amide bonds. The van der Waals surface area contributed by atoms with Crippen LogP contribution >= 0.6 is 15.9 Å². The van der Waals surface area contributed by atoms with Crippen LogP contribution in [0.5, 0.6) is 17.2 Å². The van der Waals surface area contributed by atoms with Crippen LogP contribution in [0.2, 0.25) is 0 Å². The van der Waals surface area contributed by atoms with Crippen molar-refractivity contribution in [1.82, 2.24) is 4.98 Å². The molecule has 1 aromatic heterocycles. The molecule has 0 saturated carbocycles. The molecule has 0 atom stereocenters. The molecule has 0 spiro atoms. The van der Waals surface area contributed by atoms with Gasteiger partial charge in [0, 0.05) is 22.2 Å². The average Bonchev–Trinajstić information content (AvgIpc) is 3.24. The van der Waals surface area contributed by atoms with Crippen LogP contribution in [-0.2, 0) is 9.47 Å². The Morgan fingerprint density at radius 3 is 2.17 bits per heavy atom. The zero-order valence-corrected chi connectivity index (χ0v) is 20.4. The van der Waals surface area contributed by atoms with E-state index in [2.05, 4.69) is 30.4 Å². The van der Waals surface area contributed by atoms with E-state index in [1.54, 1.807) is 0 Å². The molecule has 0 aliphatic carbocycles. The monoisotopic (exact) mass is 544 g/mol. The molecule has 0 saturated heterocycles. The van der Waals surface area contributed by atoms with E-state index in [1.165, 1.54) is 26.4 Å². The van der Waals surface area contributed by atoms with E-state index >= 15 is 0 Å². The van der Waals surface area contributed by atoms with E-state index in [1.807, 2.05) is 25.1 Å². The topological polar surface area (TPSA) is 165 Å². The summed E-state index contributed by atoms with van der Waals surface area (Å²) in [7, 11) is 2.44. The number of nitrogen functional groups attached to an aromatic ring is 1. The van der Waals surface area contributed by atoms with Gasteiger partial charge in [0.2, 0.25) is 5.89 Å². The van der Waals surface area contributed by atoms with Crippen LogP contribution in [0.1, 0.15) is 26.3 Å². The molecule has 0 aliphatic rings. The van der Waals surface area contributed by atoms with Gasteiger partial charge < -0.3 is 34.9 Å². The lowest BCUT2D eigenvalue weighted by atomic mass is 10.1. The number of hydrogen-bond acceptors (Lipinski definition) is 10. The Kier molecular flexibility index (Phi) is 7.50. The SMILES string of the molecule is COC(=O)c1cc(N)c(O)cc1O.COC(=O)c1cc2nc(-c3cccc(Br)c3C)oc2cc1O. The van der Waals surface area contributed by atoms with Crippen LogP contribution in [0.3, 0.4) is 0 Å². The number of nitrogens with zero attached hydrogens (tertiary/aromatic N) is 1. The van der Waals surface area contributed by atoms with Gasteiger partial charge in [-0.05, 0) is 36.8 Å². The number of esters is 2. The Bertz CT molecular complexity index is 1430. The predicted octanol–water partition coefficient (Wildman–Crippen LogP) is 4.52. The second-order valence-electron chi connectivity index (χ2n) is 7.18. The summed E-state index contributed by atoms with van der Waals surface area (Å²) in [6, 6.07) is 10.7. The minimum absolute atomic E-state index is 0.0122. The molecule has 11 heteroatoms. The maximum atomic E-state index is 11.6. The van der Waals surface area contributed by atoms with Gasteiger partial charge in [-0.2, -0.15) is 0 Å². The lowest BCUT2D eigenvalue weighted by Gasteiger charge is -2.04. The number of halogens is 1. The third-order valence-electron chi connectivity index (χ3n) is 4.96. The summed E-state index contributed by atoms with van der Waals surface area (Å²) < 4.78 is 15.6. The number of benzene rings is 3. The highest BCUT2D eigenvalue weighted by molar-refractivity contribution is 9.10. The smallest absolute Gasteiger partial charge is 0.341 e. The molecular weight excluding hydrogens is 524 g/mol. The molecule has 1 heterocycles. The Morgan fingerprint density at radius 1 is 0.943 bits per heavy atom. The van der Waals surface area contributed by atoms with Crippen molar-refractivity contribution < 1.29 is 38.8 Å². The van der Waals surface area contributed by atoms with Crippen molar-refractivity contribution in [2.24, 2.45) is 0 Å². The number of methoxy groups -OCH3 is 2. The summed E-state index contributed by atoms with van der Waals surface area (Å²) in [6.45, 7) is 1.95. The summed E-state index contributed by atoms with van der Waals surface area (Å²) in [6.07, 6.45) is 0. The fourth-order valence-electron chi connectivity index (χ4n) is 3.06. The van der Waals surface area contributed by atoms with Gasteiger partial charge in [-0.25, -0.2) is 14.6 Å². The van der Waals surface area contributed by atoms with Gasteiger partial charge in [0.15, 0.2) is 5.58 Å². The molecule has 5 N–H and O–H groups in total. The van der Waals surface area contributed by atoms with E-state index < -0.39 is 11.9 Å². The maximum absolute atomic E-state index is 11.6. The number of carbonyl (C=O) groups is 2. The number of carbonyl (C=O) groups excluding carboxylic acids is 2. The van der Waals surface area contributed by atoms with Crippen molar-refractivity contribution >= 4 is 44.7 Å². The van der Waals surface area contributed by atoms with Crippen molar-refractivity contribution in [2.45, 2.75) is 6.92 Å². The maximum Gasteiger partial charge on any atom is 0.341 e. The van der Waals surface area contributed by atoms with Crippen molar-refractivity contribution in [3.8, 4) is 28.7 Å². The summed E-state index contributed by atoms with van der Waals surface area (Å²) in [5.74, 6) is -1.74. The van der Waals surface area contributed by atoms with Gasteiger partial charge in [-0.3, -0.25) is 0 Å². The number of aromatic nitrogens is 1. The van der Waals surface area contributed by atoms with Crippen molar-refractivity contribution in [3.05, 3.63) is 63.6 Å². The second-order valence-corrected chi connectivity index (χ2v) is 8.03. The van der Waals surface area contributed by atoms with E-state index in [9.17, 15) is 19.8 Å². The predicted molar refractivity (Wildman–Crippen MR) is 130 cm³/mol. The molecule has 35 heavy (non-hydrogen) atoms. The zero-order chi connectivity index (χ0) is 25.9. The van der Waals surface area contributed by atoms with E-state index in [-0.39, 0.29) is 34.1 Å². The number of fused-ring (bicyclic) bond motifs is 1. The number of rotatable bonds is 3. The number of phenolic OH excluding ortho intramolecular Hbond substituents is 3. The van der Waals surface area contributed by atoms with Crippen molar-refractivity contribution in [3.63, 3.8) is 0 Å². The lowest BCUT2D eigenvalue weighted by Crippen LogP contribution is -2.02. The first-order valence-electron chi connectivity index (χ1n) is 9.94.